The van der Waals surface area contributed by atoms with Crippen molar-refractivity contribution in [3.05, 3.63) is 95.1 Å². The molecular weight excluding hydrogens is 419 g/mol. The molecule has 162 valence electrons. The van der Waals surface area contributed by atoms with Gasteiger partial charge in [0.1, 0.15) is 0 Å². The highest BCUT2D eigenvalue weighted by atomic mass is 19.1. The Hall–Kier alpha value is -4.44. The summed E-state index contributed by atoms with van der Waals surface area (Å²) in [5, 5.41) is 23.5. The quantitative estimate of drug-likeness (QED) is 0.504. The summed E-state index contributed by atoms with van der Waals surface area (Å²) >= 11 is 0. The second kappa shape index (κ2) is 7.92. The zero-order valence-electron chi connectivity index (χ0n) is 17.8. The maximum Gasteiger partial charge on any atom is 0.255 e. The Morgan fingerprint density at radius 3 is 2.58 bits per heavy atom. The van der Waals surface area contributed by atoms with Gasteiger partial charge in [-0.2, -0.15) is 10.4 Å². The number of benzene rings is 3. The minimum absolute atomic E-state index is 0.0506. The predicted molar refractivity (Wildman–Crippen MR) is 120 cm³/mol. The number of carbonyl (C=O) groups is 1. The van der Waals surface area contributed by atoms with Gasteiger partial charge < -0.3 is 10.0 Å². The molecule has 0 unspecified atom stereocenters. The molecule has 1 aromatic heterocycles. The second-order valence-electron chi connectivity index (χ2n) is 8.03. The van der Waals surface area contributed by atoms with Crippen molar-refractivity contribution in [1.29, 1.82) is 5.26 Å². The van der Waals surface area contributed by atoms with Gasteiger partial charge in [0.25, 0.3) is 5.91 Å². The van der Waals surface area contributed by atoms with Crippen molar-refractivity contribution in [2.45, 2.75) is 13.1 Å². The van der Waals surface area contributed by atoms with Gasteiger partial charge in [-0.1, -0.05) is 42.5 Å². The molecule has 1 N–H and O–H groups in total. The second-order valence-corrected chi connectivity index (χ2v) is 8.03. The molecule has 1 aliphatic rings. The minimum Gasteiger partial charge on any atom is -0.505 e. The summed E-state index contributed by atoms with van der Waals surface area (Å²) in [6.07, 6.45) is 3.74. The Labute approximate surface area is 189 Å². The van der Waals surface area contributed by atoms with E-state index in [1.807, 2.05) is 49.6 Å². The van der Waals surface area contributed by atoms with Crippen LogP contribution in [0.15, 0.2) is 67.0 Å². The third-order valence-corrected chi connectivity index (χ3v) is 5.89. The van der Waals surface area contributed by atoms with Crippen LogP contribution < -0.4 is 0 Å². The van der Waals surface area contributed by atoms with Gasteiger partial charge in [0.15, 0.2) is 11.6 Å². The van der Waals surface area contributed by atoms with Gasteiger partial charge in [0, 0.05) is 37.5 Å². The molecule has 1 aliphatic heterocycles. The van der Waals surface area contributed by atoms with Crippen LogP contribution in [-0.2, 0) is 20.1 Å². The number of halogens is 1. The van der Waals surface area contributed by atoms with E-state index in [-0.39, 0.29) is 17.0 Å². The summed E-state index contributed by atoms with van der Waals surface area (Å²) in [6, 6.07) is 17.6. The number of aromatic hydroxyl groups is 1. The first-order chi connectivity index (χ1) is 16.0. The molecule has 5 rings (SSSR count). The SMILES string of the molecule is Cn1cc(-c2ccc(CN3Cc4cccc(-c5c(C#N)ccc(O)c5F)c4C3=O)cc2)cn1. The molecule has 3 aromatic carbocycles. The number of hydrogen-bond acceptors (Lipinski definition) is 4. The third-order valence-electron chi connectivity index (χ3n) is 5.89. The zero-order valence-corrected chi connectivity index (χ0v) is 17.8. The van der Waals surface area contributed by atoms with Gasteiger partial charge in [-0.05, 0) is 34.4 Å². The summed E-state index contributed by atoms with van der Waals surface area (Å²) in [5.74, 6) is -1.69. The first-order valence-corrected chi connectivity index (χ1v) is 10.4. The highest BCUT2D eigenvalue weighted by Gasteiger charge is 2.32. The molecule has 0 atom stereocenters. The third kappa shape index (κ3) is 3.52. The lowest BCUT2D eigenvalue weighted by Crippen LogP contribution is -2.23. The van der Waals surface area contributed by atoms with Crippen LogP contribution in [0.4, 0.5) is 4.39 Å². The number of aryl methyl sites for hydroxylation is 1. The Bertz CT molecular complexity index is 1430. The summed E-state index contributed by atoms with van der Waals surface area (Å²) < 4.78 is 16.6. The van der Waals surface area contributed by atoms with Crippen LogP contribution in [0.25, 0.3) is 22.3 Å². The van der Waals surface area contributed by atoms with E-state index < -0.39 is 11.6 Å². The molecule has 0 bridgehead atoms. The molecule has 2 heterocycles. The lowest BCUT2D eigenvalue weighted by molar-refractivity contribution is 0.0767. The molecule has 0 fully saturated rings. The van der Waals surface area contributed by atoms with Gasteiger partial charge in [-0.15, -0.1) is 0 Å². The van der Waals surface area contributed by atoms with Crippen molar-refractivity contribution in [2.24, 2.45) is 7.05 Å². The Balaban J connectivity index is 1.45. The van der Waals surface area contributed by atoms with Crippen molar-refractivity contribution >= 4 is 5.91 Å². The van der Waals surface area contributed by atoms with E-state index in [9.17, 15) is 19.6 Å². The first kappa shape index (κ1) is 20.5. The van der Waals surface area contributed by atoms with Crippen molar-refractivity contribution in [3.8, 4) is 34.1 Å². The van der Waals surface area contributed by atoms with Crippen LogP contribution in [0.1, 0.15) is 27.0 Å². The summed E-state index contributed by atoms with van der Waals surface area (Å²) in [4.78, 5) is 15.0. The van der Waals surface area contributed by atoms with E-state index in [0.29, 0.717) is 24.2 Å². The van der Waals surface area contributed by atoms with Crippen LogP contribution >= 0.6 is 0 Å². The number of rotatable bonds is 4. The molecule has 0 aliphatic carbocycles. The molecule has 1 amide bonds. The van der Waals surface area contributed by atoms with Crippen molar-refractivity contribution in [3.63, 3.8) is 0 Å². The number of carbonyl (C=O) groups excluding carboxylic acids is 1. The molecule has 0 saturated carbocycles. The molecule has 0 spiro atoms. The fraction of sp³-hybridized carbons (Fsp3) is 0.115. The molecule has 0 saturated heterocycles. The Morgan fingerprint density at radius 1 is 1.09 bits per heavy atom. The topological polar surface area (TPSA) is 82.1 Å². The fourth-order valence-corrected chi connectivity index (χ4v) is 4.27. The number of phenolic OH excluding ortho intramolecular Hbond substituents is 1. The van der Waals surface area contributed by atoms with Gasteiger partial charge in [0.05, 0.1) is 23.4 Å². The van der Waals surface area contributed by atoms with Crippen LogP contribution in [-0.4, -0.2) is 25.7 Å². The van der Waals surface area contributed by atoms with Crippen LogP contribution in [0.5, 0.6) is 5.75 Å². The van der Waals surface area contributed by atoms with E-state index in [1.54, 1.807) is 27.9 Å². The van der Waals surface area contributed by atoms with E-state index in [1.165, 1.54) is 6.07 Å². The Kier molecular flexibility index (Phi) is 4.91. The summed E-state index contributed by atoms with van der Waals surface area (Å²) in [7, 11) is 1.87. The number of nitrogens with zero attached hydrogens (tertiary/aromatic N) is 4. The molecule has 0 radical (unpaired) electrons. The number of phenols is 1. The predicted octanol–water partition coefficient (Wildman–Crippen LogP) is 4.63. The number of nitriles is 1. The molecule has 6 nitrogen and oxygen atoms in total. The number of aromatic nitrogens is 2. The fourth-order valence-electron chi connectivity index (χ4n) is 4.27. The van der Waals surface area contributed by atoms with Crippen molar-refractivity contribution in [1.82, 2.24) is 14.7 Å². The maximum absolute atomic E-state index is 14.8. The monoisotopic (exact) mass is 438 g/mol. The van der Waals surface area contributed by atoms with Crippen molar-refractivity contribution in [2.75, 3.05) is 0 Å². The van der Waals surface area contributed by atoms with E-state index in [2.05, 4.69) is 5.10 Å². The molecule has 33 heavy (non-hydrogen) atoms. The van der Waals surface area contributed by atoms with Gasteiger partial charge in [0.2, 0.25) is 0 Å². The van der Waals surface area contributed by atoms with Crippen LogP contribution in [0, 0.1) is 17.1 Å². The molecule has 7 heteroatoms. The van der Waals surface area contributed by atoms with Crippen molar-refractivity contribution < 1.29 is 14.3 Å². The number of fused-ring (bicyclic) bond motifs is 1. The minimum atomic E-state index is -0.903. The maximum atomic E-state index is 14.8. The largest absolute Gasteiger partial charge is 0.505 e. The van der Waals surface area contributed by atoms with E-state index >= 15 is 0 Å². The summed E-state index contributed by atoms with van der Waals surface area (Å²) in [5.41, 5.74) is 4.47. The lowest BCUT2D eigenvalue weighted by atomic mass is 9.93. The summed E-state index contributed by atoms with van der Waals surface area (Å²) in [6.45, 7) is 0.780. The zero-order chi connectivity index (χ0) is 23.1. The Morgan fingerprint density at radius 2 is 1.88 bits per heavy atom. The number of hydrogen-bond donors (Lipinski definition) is 1. The number of amides is 1. The van der Waals surface area contributed by atoms with Gasteiger partial charge in [-0.3, -0.25) is 9.48 Å². The normalized spacial score (nSPS) is 12.6. The standard InChI is InChI=1S/C26H19FN4O2/c1-30-14-20(12-29-30)17-7-5-16(6-8-17)13-31-15-19-3-2-4-21(24(19)26(31)33)23-18(11-28)9-10-22(32)25(23)27/h2-10,12,14,32H,13,15H2,1H3. The average molecular weight is 438 g/mol. The lowest BCUT2D eigenvalue weighted by Gasteiger charge is -2.16. The highest BCUT2D eigenvalue weighted by Crippen LogP contribution is 2.38. The van der Waals surface area contributed by atoms with Crippen LogP contribution in [0.3, 0.4) is 0 Å². The van der Waals surface area contributed by atoms with Crippen LogP contribution in [0.2, 0.25) is 0 Å². The first-order valence-electron chi connectivity index (χ1n) is 10.4. The molecular formula is C26H19FN4O2. The van der Waals surface area contributed by atoms with Gasteiger partial charge >= 0.3 is 0 Å². The van der Waals surface area contributed by atoms with E-state index in [4.69, 9.17) is 0 Å². The molecule has 4 aromatic rings. The van der Waals surface area contributed by atoms with E-state index in [0.717, 1.165) is 28.3 Å². The average Bonchev–Trinajstić information content (AvgIpc) is 3.39. The smallest absolute Gasteiger partial charge is 0.255 e. The highest BCUT2D eigenvalue weighted by molar-refractivity contribution is 6.05. The van der Waals surface area contributed by atoms with Gasteiger partial charge in [-0.25, -0.2) is 4.39 Å².